The van der Waals surface area contributed by atoms with Crippen molar-refractivity contribution in [2.24, 2.45) is 0 Å². The molecule has 1 aliphatic rings. The monoisotopic (exact) mass is 565 g/mol. The van der Waals surface area contributed by atoms with Gasteiger partial charge in [0.25, 0.3) is 5.91 Å². The summed E-state index contributed by atoms with van der Waals surface area (Å²) >= 11 is 3.45. The molecule has 38 heavy (non-hydrogen) atoms. The number of halogens is 1. The van der Waals surface area contributed by atoms with Crippen LogP contribution in [0.4, 0.5) is 5.69 Å². The van der Waals surface area contributed by atoms with Crippen LogP contribution < -0.4 is 15.1 Å². The molecule has 0 fully saturated rings. The van der Waals surface area contributed by atoms with E-state index in [1.165, 1.54) is 0 Å². The highest BCUT2D eigenvalue weighted by Crippen LogP contribution is 2.42. The van der Waals surface area contributed by atoms with E-state index in [9.17, 15) is 9.59 Å². The van der Waals surface area contributed by atoms with Gasteiger partial charge in [-0.3, -0.25) is 14.5 Å². The van der Waals surface area contributed by atoms with Crippen molar-refractivity contribution in [3.63, 3.8) is 0 Å². The fraction of sp³-hybridized carbons (Fsp3) is 0.125. The Morgan fingerprint density at radius 2 is 1.68 bits per heavy atom. The molecule has 1 amide bonds. The fourth-order valence-corrected chi connectivity index (χ4v) is 5.28. The number of rotatable bonds is 5. The van der Waals surface area contributed by atoms with Crippen LogP contribution in [0.3, 0.4) is 0 Å². The minimum absolute atomic E-state index is 0.0728. The Balaban J connectivity index is 1.51. The molecule has 0 bridgehead atoms. The summed E-state index contributed by atoms with van der Waals surface area (Å²) in [6.45, 7) is 4.45. The summed E-state index contributed by atoms with van der Waals surface area (Å²) in [6.07, 6.45) is 0. The second-order valence-corrected chi connectivity index (χ2v) is 10.4. The van der Waals surface area contributed by atoms with Gasteiger partial charge in [0.15, 0.2) is 5.43 Å². The summed E-state index contributed by atoms with van der Waals surface area (Å²) in [4.78, 5) is 29.5. The number of nitrogens with zero attached hydrogens (tertiary/aromatic N) is 1. The van der Waals surface area contributed by atoms with Crippen LogP contribution in [0.1, 0.15) is 44.4 Å². The summed E-state index contributed by atoms with van der Waals surface area (Å²) in [7, 11) is 0. The second-order valence-electron chi connectivity index (χ2n) is 9.51. The Kier molecular flexibility index (Phi) is 6.12. The van der Waals surface area contributed by atoms with Crippen LogP contribution in [-0.2, 0) is 6.61 Å². The molecule has 6 rings (SSSR count). The van der Waals surface area contributed by atoms with E-state index in [1.807, 2.05) is 86.6 Å². The minimum Gasteiger partial charge on any atom is -0.489 e. The summed E-state index contributed by atoms with van der Waals surface area (Å²) in [6, 6.07) is 27.9. The summed E-state index contributed by atoms with van der Waals surface area (Å²) in [5.74, 6) is 0.384. The standard InChI is InChI=1S/C32H24BrNO4/c1-19-11-13-24(15-20(19)2)34-29(22-9-6-10-25(16-22)37-18-21-7-4-3-5-8-21)28-30(35)26-17-23(33)12-14-27(26)38-31(28)32(34)36/h3-17,29H,18H2,1-2H3. The zero-order chi connectivity index (χ0) is 26.4. The lowest BCUT2D eigenvalue weighted by molar-refractivity contribution is 0.0971. The third kappa shape index (κ3) is 4.21. The van der Waals surface area contributed by atoms with E-state index >= 15 is 0 Å². The molecule has 0 radical (unpaired) electrons. The third-order valence-corrected chi connectivity index (χ3v) is 7.52. The lowest BCUT2D eigenvalue weighted by Gasteiger charge is -2.26. The van der Waals surface area contributed by atoms with Gasteiger partial charge < -0.3 is 9.15 Å². The van der Waals surface area contributed by atoms with Gasteiger partial charge in [-0.1, -0.05) is 64.5 Å². The van der Waals surface area contributed by atoms with Gasteiger partial charge in [-0.25, -0.2) is 0 Å². The minimum atomic E-state index is -0.667. The van der Waals surface area contributed by atoms with E-state index in [0.29, 0.717) is 34.6 Å². The van der Waals surface area contributed by atoms with Crippen molar-refractivity contribution in [1.82, 2.24) is 0 Å². The van der Waals surface area contributed by atoms with Crippen LogP contribution in [-0.4, -0.2) is 5.91 Å². The molecule has 6 heteroatoms. The highest BCUT2D eigenvalue weighted by Gasteiger charge is 2.43. The highest BCUT2D eigenvalue weighted by molar-refractivity contribution is 9.10. The Labute approximate surface area is 228 Å². The Morgan fingerprint density at radius 1 is 0.868 bits per heavy atom. The number of aryl methyl sites for hydroxylation is 2. The van der Waals surface area contributed by atoms with Crippen LogP contribution >= 0.6 is 15.9 Å². The van der Waals surface area contributed by atoms with E-state index in [4.69, 9.17) is 9.15 Å². The van der Waals surface area contributed by atoms with Crippen molar-refractivity contribution in [3.8, 4) is 5.75 Å². The van der Waals surface area contributed by atoms with Crippen molar-refractivity contribution in [1.29, 1.82) is 0 Å². The number of hydrogen-bond donors (Lipinski definition) is 0. The molecule has 5 nitrogen and oxygen atoms in total. The molecule has 1 unspecified atom stereocenters. The molecule has 1 atom stereocenters. The number of anilines is 1. The number of ether oxygens (including phenoxy) is 1. The van der Waals surface area contributed by atoms with Gasteiger partial charge in [-0.2, -0.15) is 0 Å². The first-order valence-electron chi connectivity index (χ1n) is 12.3. The first kappa shape index (κ1) is 24.2. The van der Waals surface area contributed by atoms with Crippen LogP contribution in [0.2, 0.25) is 0 Å². The number of fused-ring (bicyclic) bond motifs is 2. The largest absolute Gasteiger partial charge is 0.489 e. The molecule has 5 aromatic rings. The number of benzene rings is 4. The molecule has 0 N–H and O–H groups in total. The molecule has 4 aromatic carbocycles. The van der Waals surface area contributed by atoms with Crippen LogP contribution in [0, 0.1) is 13.8 Å². The van der Waals surface area contributed by atoms with Gasteiger partial charge >= 0.3 is 0 Å². The third-order valence-electron chi connectivity index (χ3n) is 7.02. The zero-order valence-electron chi connectivity index (χ0n) is 20.9. The van der Waals surface area contributed by atoms with Crippen molar-refractivity contribution in [3.05, 3.63) is 139 Å². The van der Waals surface area contributed by atoms with E-state index in [2.05, 4.69) is 15.9 Å². The molecule has 0 aliphatic carbocycles. The van der Waals surface area contributed by atoms with E-state index in [-0.39, 0.29) is 17.1 Å². The molecule has 0 saturated carbocycles. The lowest BCUT2D eigenvalue weighted by Crippen LogP contribution is -2.29. The van der Waals surface area contributed by atoms with Crippen LogP contribution in [0.5, 0.6) is 5.75 Å². The Hall–Kier alpha value is -4.16. The maximum atomic E-state index is 13.9. The number of hydrogen-bond acceptors (Lipinski definition) is 4. The van der Waals surface area contributed by atoms with Crippen molar-refractivity contribution < 1.29 is 13.9 Å². The normalized spacial score (nSPS) is 14.7. The van der Waals surface area contributed by atoms with Gasteiger partial charge in [0, 0.05) is 10.2 Å². The highest BCUT2D eigenvalue weighted by atomic mass is 79.9. The van der Waals surface area contributed by atoms with Crippen molar-refractivity contribution in [2.75, 3.05) is 4.90 Å². The SMILES string of the molecule is Cc1ccc(N2C(=O)c3oc4ccc(Br)cc4c(=O)c3C2c2cccc(OCc3ccccc3)c2)cc1C. The lowest BCUT2D eigenvalue weighted by atomic mass is 9.97. The van der Waals surface area contributed by atoms with Gasteiger partial charge in [-0.05, 0) is 78.6 Å². The first-order chi connectivity index (χ1) is 18.4. The summed E-state index contributed by atoms with van der Waals surface area (Å²) in [5, 5.41) is 0.425. The molecular formula is C32H24BrNO4. The predicted octanol–water partition coefficient (Wildman–Crippen LogP) is 7.50. The fourth-order valence-electron chi connectivity index (χ4n) is 4.92. The van der Waals surface area contributed by atoms with Crippen molar-refractivity contribution in [2.45, 2.75) is 26.5 Å². The molecule has 188 valence electrons. The van der Waals surface area contributed by atoms with Crippen molar-refractivity contribution >= 4 is 38.5 Å². The molecule has 1 aromatic heterocycles. The maximum Gasteiger partial charge on any atom is 0.295 e. The van der Waals surface area contributed by atoms with Gasteiger partial charge in [0.05, 0.1) is 17.0 Å². The van der Waals surface area contributed by atoms with Gasteiger partial charge in [0.1, 0.15) is 17.9 Å². The van der Waals surface area contributed by atoms with Crippen LogP contribution in [0.25, 0.3) is 11.0 Å². The second kappa shape index (κ2) is 9.62. The maximum absolute atomic E-state index is 13.9. The van der Waals surface area contributed by atoms with E-state index in [0.717, 1.165) is 26.7 Å². The number of amides is 1. The molecule has 1 aliphatic heterocycles. The van der Waals surface area contributed by atoms with E-state index < -0.39 is 6.04 Å². The molecule has 0 spiro atoms. The Morgan fingerprint density at radius 3 is 2.47 bits per heavy atom. The van der Waals surface area contributed by atoms with Gasteiger partial charge in [-0.15, -0.1) is 0 Å². The zero-order valence-corrected chi connectivity index (χ0v) is 22.5. The first-order valence-corrected chi connectivity index (χ1v) is 13.1. The quantitative estimate of drug-likeness (QED) is 0.221. The molecular weight excluding hydrogens is 542 g/mol. The number of carbonyl (C=O) groups excluding carboxylic acids is 1. The summed E-state index contributed by atoms with van der Waals surface area (Å²) < 4.78 is 13.0. The Bertz CT molecular complexity index is 1760. The molecule has 0 saturated heterocycles. The van der Waals surface area contributed by atoms with E-state index in [1.54, 1.807) is 23.1 Å². The molecule has 2 heterocycles. The predicted molar refractivity (Wildman–Crippen MR) is 152 cm³/mol. The van der Waals surface area contributed by atoms with Crippen LogP contribution in [0.15, 0.2) is 105 Å². The smallest absolute Gasteiger partial charge is 0.295 e. The average Bonchev–Trinajstić information content (AvgIpc) is 3.22. The topological polar surface area (TPSA) is 59.8 Å². The number of carbonyl (C=O) groups is 1. The average molecular weight is 566 g/mol. The summed E-state index contributed by atoms with van der Waals surface area (Å²) in [5.41, 5.74) is 5.19. The van der Waals surface area contributed by atoms with Gasteiger partial charge in [0.2, 0.25) is 5.76 Å².